The molecule has 0 amide bonds. The molecule has 18 heavy (non-hydrogen) atoms. The molecular formula is C14H19NO3. The minimum Gasteiger partial charge on any atom is -0.464 e. The van der Waals surface area contributed by atoms with E-state index in [2.05, 4.69) is 5.32 Å². The highest BCUT2D eigenvalue weighted by Gasteiger charge is 2.25. The maximum absolute atomic E-state index is 9.37. The molecule has 0 saturated heterocycles. The van der Waals surface area contributed by atoms with Crippen molar-refractivity contribution in [2.45, 2.75) is 25.4 Å². The number of rotatable bonds is 6. The quantitative estimate of drug-likeness (QED) is 0.728. The summed E-state index contributed by atoms with van der Waals surface area (Å²) in [5.74, 6) is 0. The van der Waals surface area contributed by atoms with Crippen molar-refractivity contribution in [1.29, 1.82) is 0 Å². The molecule has 0 aliphatic carbocycles. The van der Waals surface area contributed by atoms with Crippen LogP contribution in [-0.4, -0.2) is 29.0 Å². The van der Waals surface area contributed by atoms with Gasteiger partial charge in [-0.1, -0.05) is 25.1 Å². The molecule has 0 aliphatic rings. The Labute approximate surface area is 106 Å². The highest BCUT2D eigenvalue weighted by molar-refractivity contribution is 5.80. The second-order valence-corrected chi connectivity index (χ2v) is 4.56. The van der Waals surface area contributed by atoms with Gasteiger partial charge in [0.1, 0.15) is 5.58 Å². The monoisotopic (exact) mass is 249 g/mol. The Morgan fingerprint density at radius 3 is 2.61 bits per heavy atom. The third kappa shape index (κ3) is 2.41. The van der Waals surface area contributed by atoms with Crippen LogP contribution in [0.25, 0.3) is 11.0 Å². The van der Waals surface area contributed by atoms with Gasteiger partial charge < -0.3 is 19.9 Å². The van der Waals surface area contributed by atoms with E-state index in [1.807, 2.05) is 31.2 Å². The summed E-state index contributed by atoms with van der Waals surface area (Å²) in [6, 6.07) is 7.82. The van der Waals surface area contributed by atoms with E-state index in [-0.39, 0.29) is 13.2 Å². The van der Waals surface area contributed by atoms with E-state index in [0.717, 1.165) is 16.5 Å². The predicted octanol–water partition coefficient (Wildman–Crippen LogP) is 1.66. The molecule has 0 atom stereocenters. The number of aliphatic hydroxyl groups excluding tert-OH is 2. The van der Waals surface area contributed by atoms with Crippen LogP contribution in [0.5, 0.6) is 0 Å². The van der Waals surface area contributed by atoms with Gasteiger partial charge in [-0.25, -0.2) is 0 Å². The first kappa shape index (κ1) is 13.1. The molecule has 0 bridgehead atoms. The van der Waals surface area contributed by atoms with E-state index in [1.54, 1.807) is 6.26 Å². The lowest BCUT2D eigenvalue weighted by Gasteiger charge is -2.29. The predicted molar refractivity (Wildman–Crippen MR) is 70.2 cm³/mol. The van der Waals surface area contributed by atoms with Crippen molar-refractivity contribution in [2.24, 2.45) is 0 Å². The third-order valence-corrected chi connectivity index (χ3v) is 3.50. The van der Waals surface area contributed by atoms with Crippen LogP contribution < -0.4 is 5.32 Å². The van der Waals surface area contributed by atoms with E-state index in [9.17, 15) is 10.2 Å². The second-order valence-electron chi connectivity index (χ2n) is 4.56. The fourth-order valence-corrected chi connectivity index (χ4v) is 1.96. The maximum atomic E-state index is 9.37. The SMILES string of the molecule is CCC(CO)(CO)NCc1coc2ccccc12. The summed E-state index contributed by atoms with van der Waals surface area (Å²) in [6.45, 7) is 2.32. The molecule has 2 rings (SSSR count). The van der Waals surface area contributed by atoms with E-state index < -0.39 is 5.54 Å². The highest BCUT2D eigenvalue weighted by atomic mass is 16.3. The molecule has 98 valence electrons. The van der Waals surface area contributed by atoms with Crippen LogP contribution in [0.3, 0.4) is 0 Å². The minimum absolute atomic E-state index is 0.0875. The van der Waals surface area contributed by atoms with Crippen LogP contribution in [0, 0.1) is 0 Å². The molecule has 4 heteroatoms. The molecule has 1 aromatic carbocycles. The van der Waals surface area contributed by atoms with Crippen LogP contribution >= 0.6 is 0 Å². The molecule has 0 radical (unpaired) electrons. The normalized spacial score (nSPS) is 12.2. The zero-order chi connectivity index (χ0) is 13.0. The Kier molecular flexibility index (Phi) is 4.01. The standard InChI is InChI=1S/C14H19NO3/c1-2-14(9-16,10-17)15-7-11-8-18-13-6-4-3-5-12(11)13/h3-6,8,15-17H,2,7,9-10H2,1H3. The first-order chi connectivity index (χ1) is 8.74. The van der Waals surface area contributed by atoms with Crippen molar-refractivity contribution in [3.05, 3.63) is 36.1 Å². The largest absolute Gasteiger partial charge is 0.464 e. The molecule has 0 spiro atoms. The molecular weight excluding hydrogens is 230 g/mol. The van der Waals surface area contributed by atoms with Gasteiger partial charge in [0.2, 0.25) is 0 Å². The number of nitrogens with one attached hydrogen (secondary N) is 1. The summed E-state index contributed by atoms with van der Waals surface area (Å²) >= 11 is 0. The Morgan fingerprint density at radius 1 is 1.22 bits per heavy atom. The highest BCUT2D eigenvalue weighted by Crippen LogP contribution is 2.21. The molecule has 0 saturated carbocycles. The summed E-state index contributed by atoms with van der Waals surface area (Å²) in [5.41, 5.74) is 1.26. The number of fused-ring (bicyclic) bond motifs is 1. The first-order valence-electron chi connectivity index (χ1n) is 6.16. The van der Waals surface area contributed by atoms with Crippen molar-refractivity contribution in [3.63, 3.8) is 0 Å². The second kappa shape index (κ2) is 5.52. The Hall–Kier alpha value is -1.36. The molecule has 0 aliphatic heterocycles. The maximum Gasteiger partial charge on any atom is 0.134 e. The van der Waals surface area contributed by atoms with Gasteiger partial charge in [0.05, 0.1) is 25.0 Å². The molecule has 0 fully saturated rings. The van der Waals surface area contributed by atoms with Gasteiger partial charge in [0.15, 0.2) is 0 Å². The van der Waals surface area contributed by atoms with Crippen LogP contribution in [0.15, 0.2) is 34.9 Å². The Bertz CT molecular complexity index is 494. The first-order valence-corrected chi connectivity index (χ1v) is 6.16. The molecule has 4 nitrogen and oxygen atoms in total. The van der Waals surface area contributed by atoms with Crippen LogP contribution in [0.4, 0.5) is 0 Å². The summed E-state index contributed by atoms with van der Waals surface area (Å²) in [6.07, 6.45) is 2.38. The van der Waals surface area contributed by atoms with E-state index in [0.29, 0.717) is 13.0 Å². The lowest BCUT2D eigenvalue weighted by Crippen LogP contribution is -2.50. The molecule has 2 aromatic rings. The number of para-hydroxylation sites is 1. The van der Waals surface area contributed by atoms with Crippen LogP contribution in [0.1, 0.15) is 18.9 Å². The van der Waals surface area contributed by atoms with Crippen molar-refractivity contribution in [2.75, 3.05) is 13.2 Å². The average molecular weight is 249 g/mol. The summed E-state index contributed by atoms with van der Waals surface area (Å²) < 4.78 is 5.45. The summed E-state index contributed by atoms with van der Waals surface area (Å²) in [5, 5.41) is 23.0. The lowest BCUT2D eigenvalue weighted by molar-refractivity contribution is 0.0864. The summed E-state index contributed by atoms with van der Waals surface area (Å²) in [7, 11) is 0. The average Bonchev–Trinajstić information content (AvgIpc) is 2.85. The smallest absolute Gasteiger partial charge is 0.134 e. The van der Waals surface area contributed by atoms with Crippen molar-refractivity contribution < 1.29 is 14.6 Å². The Balaban J connectivity index is 2.14. The fraction of sp³-hybridized carbons (Fsp3) is 0.429. The fourth-order valence-electron chi connectivity index (χ4n) is 1.96. The van der Waals surface area contributed by atoms with Gasteiger partial charge in [-0.05, 0) is 12.5 Å². The lowest BCUT2D eigenvalue weighted by atomic mass is 9.98. The van der Waals surface area contributed by atoms with Crippen molar-refractivity contribution in [1.82, 2.24) is 5.32 Å². The number of furan rings is 1. The van der Waals surface area contributed by atoms with Crippen LogP contribution in [-0.2, 0) is 6.54 Å². The van der Waals surface area contributed by atoms with Gasteiger partial charge >= 0.3 is 0 Å². The van der Waals surface area contributed by atoms with Gasteiger partial charge in [0, 0.05) is 17.5 Å². The van der Waals surface area contributed by atoms with Gasteiger partial charge in [-0.3, -0.25) is 0 Å². The third-order valence-electron chi connectivity index (χ3n) is 3.50. The van der Waals surface area contributed by atoms with Gasteiger partial charge in [0.25, 0.3) is 0 Å². The minimum atomic E-state index is -0.627. The van der Waals surface area contributed by atoms with Crippen molar-refractivity contribution in [3.8, 4) is 0 Å². The zero-order valence-corrected chi connectivity index (χ0v) is 10.5. The van der Waals surface area contributed by atoms with Gasteiger partial charge in [-0.15, -0.1) is 0 Å². The van der Waals surface area contributed by atoms with Gasteiger partial charge in [-0.2, -0.15) is 0 Å². The van der Waals surface area contributed by atoms with Crippen molar-refractivity contribution >= 4 is 11.0 Å². The number of hydrogen-bond acceptors (Lipinski definition) is 4. The number of hydrogen-bond donors (Lipinski definition) is 3. The number of benzene rings is 1. The van der Waals surface area contributed by atoms with Crippen LogP contribution in [0.2, 0.25) is 0 Å². The van der Waals surface area contributed by atoms with E-state index >= 15 is 0 Å². The molecule has 0 unspecified atom stereocenters. The topological polar surface area (TPSA) is 65.6 Å². The zero-order valence-electron chi connectivity index (χ0n) is 10.5. The Morgan fingerprint density at radius 2 is 1.94 bits per heavy atom. The summed E-state index contributed by atoms with van der Waals surface area (Å²) in [4.78, 5) is 0. The van der Waals surface area contributed by atoms with E-state index in [4.69, 9.17) is 4.42 Å². The molecule has 3 N–H and O–H groups in total. The number of aliphatic hydroxyl groups is 2. The molecule has 1 heterocycles. The molecule has 1 aromatic heterocycles. The van der Waals surface area contributed by atoms with E-state index in [1.165, 1.54) is 0 Å².